The Morgan fingerprint density at radius 3 is 2.32 bits per heavy atom. The summed E-state index contributed by atoms with van der Waals surface area (Å²) in [7, 11) is 1.36. The van der Waals surface area contributed by atoms with Crippen LogP contribution in [0.3, 0.4) is 0 Å². The summed E-state index contributed by atoms with van der Waals surface area (Å²) >= 11 is 0. The number of para-hydroxylation sites is 1. The van der Waals surface area contributed by atoms with Crippen LogP contribution >= 0.6 is 0 Å². The van der Waals surface area contributed by atoms with Crippen LogP contribution < -0.4 is 4.90 Å². The summed E-state index contributed by atoms with van der Waals surface area (Å²) in [6.45, 7) is 7.02. The minimum Gasteiger partial charge on any atom is -0.468 e. The lowest BCUT2D eigenvalue weighted by Gasteiger charge is -2.22. The van der Waals surface area contributed by atoms with E-state index in [4.69, 9.17) is 14.0 Å². The Hall–Kier alpha value is -4.53. The van der Waals surface area contributed by atoms with E-state index in [1.54, 1.807) is 58.2 Å². The lowest BCUT2D eigenvalue weighted by Crippen LogP contribution is -2.30. The maximum absolute atomic E-state index is 14.8. The van der Waals surface area contributed by atoms with E-state index < -0.39 is 17.3 Å². The van der Waals surface area contributed by atoms with Crippen molar-refractivity contribution in [2.45, 2.75) is 33.1 Å². The molecule has 0 saturated carbocycles. The largest absolute Gasteiger partial charge is 0.468 e. The fourth-order valence-corrected chi connectivity index (χ4v) is 4.05. The van der Waals surface area contributed by atoms with Crippen LogP contribution in [0.4, 0.5) is 20.6 Å². The van der Waals surface area contributed by atoms with Gasteiger partial charge in [-0.25, -0.2) is 14.1 Å². The van der Waals surface area contributed by atoms with Gasteiger partial charge in [-0.3, -0.25) is 9.78 Å². The molecule has 2 aromatic carbocycles. The van der Waals surface area contributed by atoms with Gasteiger partial charge in [-0.1, -0.05) is 47.6 Å². The molecular weight excluding hydrogens is 489 g/mol. The van der Waals surface area contributed by atoms with Crippen molar-refractivity contribution in [2.75, 3.05) is 18.6 Å². The van der Waals surface area contributed by atoms with Crippen molar-refractivity contribution in [1.29, 1.82) is 0 Å². The van der Waals surface area contributed by atoms with Gasteiger partial charge >= 0.3 is 12.1 Å². The second-order valence-electron chi connectivity index (χ2n) is 9.06. The van der Waals surface area contributed by atoms with Crippen LogP contribution in [-0.2, 0) is 19.7 Å². The molecule has 0 aliphatic carbocycles. The molecule has 0 aliphatic heterocycles. The van der Waals surface area contributed by atoms with Gasteiger partial charge in [0.15, 0.2) is 5.76 Å². The molecule has 38 heavy (non-hydrogen) atoms. The zero-order valence-corrected chi connectivity index (χ0v) is 21.8. The van der Waals surface area contributed by atoms with Crippen LogP contribution in [0.15, 0.2) is 71.4 Å². The Morgan fingerprint density at radius 1 is 1.03 bits per heavy atom. The highest BCUT2D eigenvalue weighted by Gasteiger charge is 2.32. The van der Waals surface area contributed by atoms with E-state index in [9.17, 15) is 14.0 Å². The van der Waals surface area contributed by atoms with Gasteiger partial charge in [0.25, 0.3) is 0 Å². The lowest BCUT2D eigenvalue weighted by atomic mass is 9.85. The SMILES string of the molecule is CCOC(=O)N(c1ccccc1F)c1c(C)noc1-c1ccc(-c2ccc(C(C)(C)C(=O)OC)cn2)cc1. The molecule has 0 radical (unpaired) electrons. The van der Waals surface area contributed by atoms with Gasteiger partial charge in [0, 0.05) is 17.3 Å². The predicted molar refractivity (Wildman–Crippen MR) is 141 cm³/mol. The van der Waals surface area contributed by atoms with Crippen LogP contribution in [0, 0.1) is 12.7 Å². The summed E-state index contributed by atoms with van der Waals surface area (Å²) in [6.07, 6.45) is 0.907. The molecule has 4 rings (SSSR count). The Labute approximate surface area is 220 Å². The molecule has 0 aliphatic rings. The molecule has 9 heteroatoms. The molecule has 4 aromatic rings. The number of esters is 1. The molecule has 0 atom stereocenters. The number of halogens is 1. The number of hydrogen-bond donors (Lipinski definition) is 0. The smallest absolute Gasteiger partial charge is 0.419 e. The summed E-state index contributed by atoms with van der Waals surface area (Å²) < 4.78 is 30.5. The van der Waals surface area contributed by atoms with Crippen molar-refractivity contribution in [3.8, 4) is 22.6 Å². The van der Waals surface area contributed by atoms with Crippen molar-refractivity contribution in [3.63, 3.8) is 0 Å². The molecular formula is C29H28FN3O5. The van der Waals surface area contributed by atoms with Crippen LogP contribution in [0.2, 0.25) is 0 Å². The van der Waals surface area contributed by atoms with E-state index in [2.05, 4.69) is 10.1 Å². The number of carbonyl (C=O) groups is 2. The zero-order chi connectivity index (χ0) is 27.4. The van der Waals surface area contributed by atoms with Gasteiger partial charge in [-0.2, -0.15) is 0 Å². The van der Waals surface area contributed by atoms with E-state index in [-0.39, 0.29) is 29.7 Å². The fraction of sp³-hybridized carbons (Fsp3) is 0.241. The average Bonchev–Trinajstić information content (AvgIpc) is 3.30. The highest BCUT2D eigenvalue weighted by Crippen LogP contribution is 2.40. The molecule has 196 valence electrons. The molecule has 1 amide bonds. The summed E-state index contributed by atoms with van der Waals surface area (Å²) in [5.74, 6) is -0.650. The number of amides is 1. The lowest BCUT2D eigenvalue weighted by molar-refractivity contribution is -0.146. The summed E-state index contributed by atoms with van der Waals surface area (Å²) in [4.78, 5) is 30.7. The maximum Gasteiger partial charge on any atom is 0.419 e. The number of benzene rings is 2. The Morgan fingerprint density at radius 2 is 1.71 bits per heavy atom. The van der Waals surface area contributed by atoms with Crippen LogP contribution in [-0.4, -0.2) is 35.9 Å². The molecule has 2 heterocycles. The van der Waals surface area contributed by atoms with Gasteiger partial charge in [-0.05, 0) is 51.5 Å². The number of methoxy groups -OCH3 is 1. The normalized spacial score (nSPS) is 11.2. The third kappa shape index (κ3) is 5.00. The first-order valence-corrected chi connectivity index (χ1v) is 12.0. The van der Waals surface area contributed by atoms with Crippen LogP contribution in [0.5, 0.6) is 0 Å². The standard InChI is InChI=1S/C29H28FN3O5/c1-6-37-28(35)33(24-10-8-7-9-22(24)30)25-18(2)32-38-26(25)20-13-11-19(12-14-20)23-16-15-21(17-31-23)29(3,4)27(34)36-5/h7-17H,6H2,1-5H3. The quantitative estimate of drug-likeness (QED) is 0.255. The van der Waals surface area contributed by atoms with Gasteiger partial charge in [0.1, 0.15) is 17.2 Å². The molecule has 2 aromatic heterocycles. The highest BCUT2D eigenvalue weighted by molar-refractivity contribution is 6.00. The minimum absolute atomic E-state index is 0.0225. The molecule has 0 spiro atoms. The van der Waals surface area contributed by atoms with E-state index in [0.29, 0.717) is 17.0 Å². The van der Waals surface area contributed by atoms with Crippen LogP contribution in [0.25, 0.3) is 22.6 Å². The van der Waals surface area contributed by atoms with E-state index in [0.717, 1.165) is 16.0 Å². The number of aromatic nitrogens is 2. The molecule has 0 N–H and O–H groups in total. The van der Waals surface area contributed by atoms with Gasteiger partial charge in [-0.15, -0.1) is 0 Å². The number of pyridine rings is 1. The first-order chi connectivity index (χ1) is 18.2. The highest BCUT2D eigenvalue weighted by atomic mass is 19.1. The monoisotopic (exact) mass is 517 g/mol. The van der Waals surface area contributed by atoms with Crippen molar-refractivity contribution >= 4 is 23.4 Å². The van der Waals surface area contributed by atoms with Gasteiger partial charge in [0.05, 0.1) is 30.5 Å². The van der Waals surface area contributed by atoms with Crippen molar-refractivity contribution in [3.05, 3.63) is 83.9 Å². The van der Waals surface area contributed by atoms with E-state index in [1.165, 1.54) is 19.2 Å². The second-order valence-corrected chi connectivity index (χ2v) is 9.06. The maximum atomic E-state index is 14.8. The number of anilines is 2. The van der Waals surface area contributed by atoms with Crippen molar-refractivity contribution < 1.29 is 28.0 Å². The Kier molecular flexibility index (Phi) is 7.57. The fourth-order valence-electron chi connectivity index (χ4n) is 4.05. The number of rotatable bonds is 7. The van der Waals surface area contributed by atoms with Crippen LogP contribution in [0.1, 0.15) is 32.0 Å². The summed E-state index contributed by atoms with van der Waals surface area (Å²) in [5, 5.41) is 4.05. The van der Waals surface area contributed by atoms with E-state index in [1.807, 2.05) is 24.3 Å². The average molecular weight is 518 g/mol. The first-order valence-electron chi connectivity index (χ1n) is 12.0. The topological polar surface area (TPSA) is 94.8 Å². The first kappa shape index (κ1) is 26.5. The molecule has 0 saturated heterocycles. The molecule has 8 nitrogen and oxygen atoms in total. The van der Waals surface area contributed by atoms with Crippen molar-refractivity contribution in [1.82, 2.24) is 10.1 Å². The predicted octanol–water partition coefficient (Wildman–Crippen LogP) is 6.60. The number of aryl methyl sites for hydroxylation is 1. The number of hydrogen-bond acceptors (Lipinski definition) is 7. The molecule has 0 fully saturated rings. The number of carbonyl (C=O) groups excluding carboxylic acids is 2. The van der Waals surface area contributed by atoms with Crippen molar-refractivity contribution in [2.24, 2.45) is 0 Å². The minimum atomic E-state index is -0.826. The molecule has 0 unspecified atom stereocenters. The summed E-state index contributed by atoms with van der Waals surface area (Å²) in [5.41, 5.74) is 2.76. The second kappa shape index (κ2) is 10.8. The zero-order valence-electron chi connectivity index (χ0n) is 21.8. The molecule has 0 bridgehead atoms. The number of nitrogens with zero attached hydrogens (tertiary/aromatic N) is 3. The van der Waals surface area contributed by atoms with Gasteiger partial charge in [0.2, 0.25) is 0 Å². The van der Waals surface area contributed by atoms with E-state index >= 15 is 0 Å². The third-order valence-electron chi connectivity index (χ3n) is 6.22. The summed E-state index contributed by atoms with van der Waals surface area (Å²) in [6, 6.07) is 16.9. The third-order valence-corrected chi connectivity index (χ3v) is 6.22. The van der Waals surface area contributed by atoms with Gasteiger partial charge < -0.3 is 14.0 Å². The Bertz CT molecular complexity index is 1450. The Balaban J connectivity index is 1.69. The number of ether oxygens (including phenoxy) is 2.